The minimum absolute atomic E-state index is 0.0753. The number of carbonyl (C=O) groups excluding carboxylic acids is 2. The van der Waals surface area contributed by atoms with Crippen molar-refractivity contribution in [3.05, 3.63) is 119 Å². The van der Waals surface area contributed by atoms with Crippen LogP contribution in [0, 0.1) is 13.8 Å². The minimum Gasteiger partial charge on any atom is -0.445 e. The van der Waals surface area contributed by atoms with E-state index in [-0.39, 0.29) is 13.2 Å². The highest BCUT2D eigenvalue weighted by molar-refractivity contribution is 6.20. The van der Waals surface area contributed by atoms with Crippen LogP contribution in [0.2, 0.25) is 0 Å². The second-order valence-corrected chi connectivity index (χ2v) is 8.70. The molecule has 1 aliphatic heterocycles. The lowest BCUT2D eigenvalue weighted by molar-refractivity contribution is -0.120. The molecule has 8 nitrogen and oxygen atoms in total. The fourth-order valence-electron chi connectivity index (χ4n) is 4.27. The number of benzodiazepines with no additional fused rings is 1. The summed E-state index contributed by atoms with van der Waals surface area (Å²) in [6.07, 6.45) is -1.94. The topological polar surface area (TPSA) is 97.0 Å². The van der Waals surface area contributed by atoms with Crippen LogP contribution >= 0.6 is 0 Å². The summed E-state index contributed by atoms with van der Waals surface area (Å²) in [5.41, 5.74) is 5.21. The van der Waals surface area contributed by atoms with E-state index in [1.54, 1.807) is 4.90 Å². The van der Waals surface area contributed by atoms with Gasteiger partial charge in [-0.2, -0.15) is 0 Å². The first-order valence-corrected chi connectivity index (χ1v) is 11.9. The Labute approximate surface area is 214 Å². The molecular weight excluding hydrogens is 468 g/mol. The quantitative estimate of drug-likeness (QED) is 0.410. The van der Waals surface area contributed by atoms with Crippen molar-refractivity contribution < 1.29 is 18.8 Å². The highest BCUT2D eigenvalue weighted by atomic mass is 16.5. The number of aliphatic imine (C=N–C) groups is 1. The zero-order chi connectivity index (χ0) is 25.8. The molecule has 1 unspecified atom stereocenters. The second kappa shape index (κ2) is 10.5. The van der Waals surface area contributed by atoms with E-state index in [0.29, 0.717) is 22.9 Å². The third kappa shape index (κ3) is 5.13. The number of rotatable bonds is 6. The predicted octanol–water partition coefficient (Wildman–Crippen LogP) is 4.93. The van der Waals surface area contributed by atoms with Gasteiger partial charge in [0.1, 0.15) is 12.4 Å². The van der Waals surface area contributed by atoms with Gasteiger partial charge < -0.3 is 14.2 Å². The molecule has 8 heteroatoms. The number of fused-ring (bicyclic) bond motifs is 1. The highest BCUT2D eigenvalue weighted by Crippen LogP contribution is 2.30. The molecule has 1 aromatic heterocycles. The number of carbonyl (C=O) groups is 2. The molecule has 2 heterocycles. The fourth-order valence-corrected chi connectivity index (χ4v) is 4.27. The molecule has 0 aliphatic carbocycles. The predicted molar refractivity (Wildman–Crippen MR) is 139 cm³/mol. The number of aromatic nitrogens is 1. The number of hydrogen-bond donors (Lipinski definition) is 1. The molecule has 0 fully saturated rings. The molecule has 186 valence electrons. The van der Waals surface area contributed by atoms with Crippen LogP contribution in [0.5, 0.6) is 0 Å². The maximum Gasteiger partial charge on any atom is 0.409 e. The number of anilines is 1. The van der Waals surface area contributed by atoms with Crippen LogP contribution < -0.4 is 10.2 Å². The van der Waals surface area contributed by atoms with Gasteiger partial charge in [-0.3, -0.25) is 10.1 Å². The van der Waals surface area contributed by atoms with Gasteiger partial charge in [0.15, 0.2) is 0 Å². The maximum absolute atomic E-state index is 13.9. The summed E-state index contributed by atoms with van der Waals surface area (Å²) in [7, 11) is 0. The van der Waals surface area contributed by atoms with E-state index < -0.39 is 18.2 Å². The summed E-state index contributed by atoms with van der Waals surface area (Å²) in [6.45, 7) is 3.94. The highest BCUT2D eigenvalue weighted by Gasteiger charge is 2.34. The van der Waals surface area contributed by atoms with Gasteiger partial charge in [0.05, 0.1) is 23.6 Å². The summed E-state index contributed by atoms with van der Waals surface area (Å²) in [5.74, 6) is 0.234. The van der Waals surface area contributed by atoms with Crippen molar-refractivity contribution in [2.75, 3.05) is 4.90 Å². The first-order valence-electron chi connectivity index (χ1n) is 11.9. The van der Waals surface area contributed by atoms with Gasteiger partial charge >= 0.3 is 6.09 Å². The van der Waals surface area contributed by atoms with Crippen molar-refractivity contribution in [3.63, 3.8) is 0 Å². The Kier molecular flexibility index (Phi) is 6.81. The van der Waals surface area contributed by atoms with Crippen molar-refractivity contribution in [1.82, 2.24) is 10.5 Å². The van der Waals surface area contributed by atoms with Crippen molar-refractivity contribution in [2.24, 2.45) is 4.99 Å². The lowest BCUT2D eigenvalue weighted by atomic mass is 10.00. The average molecular weight is 495 g/mol. The van der Waals surface area contributed by atoms with Crippen LogP contribution in [0.25, 0.3) is 0 Å². The van der Waals surface area contributed by atoms with Crippen LogP contribution in [0.4, 0.5) is 10.5 Å². The largest absolute Gasteiger partial charge is 0.445 e. The van der Waals surface area contributed by atoms with E-state index in [1.165, 1.54) is 0 Å². The van der Waals surface area contributed by atoms with E-state index in [1.807, 2.05) is 98.8 Å². The molecule has 1 atom stereocenters. The third-order valence-electron chi connectivity index (χ3n) is 6.22. The van der Waals surface area contributed by atoms with Gasteiger partial charge in [0.25, 0.3) is 5.91 Å². The Morgan fingerprint density at radius 1 is 0.973 bits per heavy atom. The normalized spacial score (nSPS) is 15.0. The Bertz CT molecular complexity index is 1430. The summed E-state index contributed by atoms with van der Waals surface area (Å²) in [4.78, 5) is 33.1. The van der Waals surface area contributed by atoms with Crippen LogP contribution in [-0.2, 0) is 22.7 Å². The van der Waals surface area contributed by atoms with Crippen LogP contribution in [0.15, 0.2) is 94.4 Å². The maximum atomic E-state index is 13.9. The molecule has 2 amide bonds. The van der Waals surface area contributed by atoms with Gasteiger partial charge in [-0.25, -0.2) is 9.79 Å². The van der Waals surface area contributed by atoms with E-state index >= 15 is 0 Å². The summed E-state index contributed by atoms with van der Waals surface area (Å²) >= 11 is 0. The zero-order valence-electron chi connectivity index (χ0n) is 20.5. The third-order valence-corrected chi connectivity index (χ3v) is 6.22. The average Bonchev–Trinajstić information content (AvgIpc) is 3.19. The van der Waals surface area contributed by atoms with Crippen molar-refractivity contribution >= 4 is 23.4 Å². The SMILES string of the molecule is Cc1noc(C)c1CN1C(=O)C(NC(=O)OCc2ccccc2)N=C(c2ccccc2)c2ccccc21. The first kappa shape index (κ1) is 24.0. The van der Waals surface area contributed by atoms with Gasteiger partial charge in [-0.15, -0.1) is 0 Å². The summed E-state index contributed by atoms with van der Waals surface area (Å²) < 4.78 is 10.7. The van der Waals surface area contributed by atoms with Crippen LogP contribution in [0.3, 0.4) is 0 Å². The minimum atomic E-state index is -1.20. The number of hydrogen-bond acceptors (Lipinski definition) is 6. The lowest BCUT2D eigenvalue weighted by Gasteiger charge is -2.25. The molecule has 1 N–H and O–H groups in total. The molecule has 4 aromatic rings. The van der Waals surface area contributed by atoms with E-state index in [4.69, 9.17) is 14.3 Å². The van der Waals surface area contributed by atoms with Crippen LogP contribution in [-0.4, -0.2) is 29.0 Å². The van der Waals surface area contributed by atoms with Gasteiger partial charge in [0.2, 0.25) is 6.17 Å². The van der Waals surface area contributed by atoms with Crippen molar-refractivity contribution in [1.29, 1.82) is 0 Å². The zero-order valence-corrected chi connectivity index (χ0v) is 20.5. The Hall–Kier alpha value is -4.72. The molecule has 0 bridgehead atoms. The number of ether oxygens (including phenoxy) is 1. The molecule has 0 saturated heterocycles. The number of alkyl carbamates (subject to hydrolysis) is 1. The molecule has 5 rings (SSSR count). The Balaban J connectivity index is 1.52. The van der Waals surface area contributed by atoms with E-state index in [9.17, 15) is 9.59 Å². The van der Waals surface area contributed by atoms with Gasteiger partial charge in [0, 0.05) is 16.7 Å². The molecule has 3 aromatic carbocycles. The molecular formula is C29H26N4O4. The number of aryl methyl sites for hydroxylation is 2. The smallest absolute Gasteiger partial charge is 0.409 e. The Morgan fingerprint density at radius 3 is 2.35 bits per heavy atom. The Morgan fingerprint density at radius 2 is 1.65 bits per heavy atom. The number of amides is 2. The standard InChI is InChI=1S/C29H26N4O4/c1-19-24(20(2)37-32-19)17-33-25-16-10-9-15-23(25)26(22-13-7-4-8-14-22)30-27(28(33)34)31-29(35)36-18-21-11-5-3-6-12-21/h3-16,27H,17-18H2,1-2H3,(H,31,35). The number of nitrogens with zero attached hydrogens (tertiary/aromatic N) is 3. The molecule has 0 saturated carbocycles. The van der Waals surface area contributed by atoms with Gasteiger partial charge in [-0.1, -0.05) is 84.0 Å². The van der Waals surface area contributed by atoms with E-state index in [0.717, 1.165) is 22.3 Å². The molecule has 37 heavy (non-hydrogen) atoms. The first-order chi connectivity index (χ1) is 18.0. The van der Waals surface area contributed by atoms with Crippen molar-refractivity contribution in [3.8, 4) is 0 Å². The van der Waals surface area contributed by atoms with Crippen LogP contribution in [0.1, 0.15) is 33.7 Å². The molecule has 1 aliphatic rings. The number of para-hydroxylation sites is 1. The van der Waals surface area contributed by atoms with Gasteiger partial charge in [-0.05, 0) is 25.5 Å². The monoisotopic (exact) mass is 494 g/mol. The van der Waals surface area contributed by atoms with E-state index in [2.05, 4.69) is 10.5 Å². The molecule has 0 spiro atoms. The second-order valence-electron chi connectivity index (χ2n) is 8.70. The summed E-state index contributed by atoms with van der Waals surface area (Å²) in [5, 5.41) is 6.71. The number of nitrogens with one attached hydrogen (secondary N) is 1. The fraction of sp³-hybridized carbons (Fsp3) is 0.172. The molecule has 0 radical (unpaired) electrons. The number of benzene rings is 3. The lowest BCUT2D eigenvalue weighted by Crippen LogP contribution is -2.47. The summed E-state index contributed by atoms with van der Waals surface area (Å²) in [6, 6.07) is 26.5. The van der Waals surface area contributed by atoms with Crippen molar-refractivity contribution in [2.45, 2.75) is 33.2 Å².